The molecule has 2 bridgehead atoms. The van der Waals surface area contributed by atoms with Crippen LogP contribution >= 0.6 is 15.9 Å². The predicted octanol–water partition coefficient (Wildman–Crippen LogP) is 4.61. The first-order valence-corrected chi connectivity index (χ1v) is 7.51. The molecular formula is C15H20BrN. The van der Waals surface area contributed by atoms with Gasteiger partial charge in [0.25, 0.3) is 0 Å². The minimum absolute atomic E-state index is 0.925. The minimum Gasteiger partial charge on any atom is -0.385 e. The number of halogens is 1. The minimum atomic E-state index is 0.925. The molecule has 1 N–H and O–H groups in total. The van der Waals surface area contributed by atoms with Gasteiger partial charge < -0.3 is 5.32 Å². The summed E-state index contributed by atoms with van der Waals surface area (Å²) in [7, 11) is 0. The maximum atomic E-state index is 3.61. The molecule has 0 saturated heterocycles. The van der Waals surface area contributed by atoms with Crippen LogP contribution < -0.4 is 5.32 Å². The first-order chi connectivity index (χ1) is 8.22. The highest BCUT2D eigenvalue weighted by Crippen LogP contribution is 2.48. The molecule has 3 unspecified atom stereocenters. The Morgan fingerprint density at radius 1 is 1.29 bits per heavy atom. The SMILES string of the molecule is Cc1ccc(NCC2CC3CCC2C3)cc1Br. The molecule has 2 aliphatic carbocycles. The quantitative estimate of drug-likeness (QED) is 0.858. The average molecular weight is 294 g/mol. The lowest BCUT2D eigenvalue weighted by Crippen LogP contribution is -2.20. The van der Waals surface area contributed by atoms with Crippen LogP contribution in [0, 0.1) is 24.7 Å². The van der Waals surface area contributed by atoms with Crippen molar-refractivity contribution in [1.82, 2.24) is 0 Å². The molecule has 2 saturated carbocycles. The molecular weight excluding hydrogens is 274 g/mol. The van der Waals surface area contributed by atoms with Gasteiger partial charge in [0.15, 0.2) is 0 Å². The zero-order valence-electron chi connectivity index (χ0n) is 10.4. The molecule has 0 aliphatic heterocycles. The average Bonchev–Trinajstić information content (AvgIpc) is 2.92. The van der Waals surface area contributed by atoms with Crippen LogP contribution in [0.4, 0.5) is 5.69 Å². The van der Waals surface area contributed by atoms with E-state index in [1.54, 1.807) is 0 Å². The molecule has 1 aromatic carbocycles. The molecule has 1 aromatic rings. The summed E-state index contributed by atoms with van der Waals surface area (Å²) in [5, 5.41) is 3.61. The molecule has 0 amide bonds. The maximum absolute atomic E-state index is 3.61. The van der Waals surface area contributed by atoms with Crippen LogP contribution in [-0.2, 0) is 0 Å². The molecule has 2 heteroatoms. The first-order valence-electron chi connectivity index (χ1n) is 6.72. The summed E-state index contributed by atoms with van der Waals surface area (Å²) in [6, 6.07) is 6.56. The van der Waals surface area contributed by atoms with Gasteiger partial charge in [-0.25, -0.2) is 0 Å². The molecule has 0 radical (unpaired) electrons. The molecule has 0 aromatic heterocycles. The molecule has 92 valence electrons. The molecule has 2 fully saturated rings. The molecule has 3 rings (SSSR count). The zero-order chi connectivity index (χ0) is 11.8. The summed E-state index contributed by atoms with van der Waals surface area (Å²) in [6.07, 6.45) is 5.94. The summed E-state index contributed by atoms with van der Waals surface area (Å²) < 4.78 is 1.20. The van der Waals surface area contributed by atoms with Crippen molar-refractivity contribution in [2.24, 2.45) is 17.8 Å². The van der Waals surface area contributed by atoms with Crippen molar-refractivity contribution >= 4 is 21.6 Å². The van der Waals surface area contributed by atoms with Gasteiger partial charge in [-0.05, 0) is 61.6 Å². The Balaban J connectivity index is 1.59. The Bertz CT molecular complexity index is 415. The lowest BCUT2D eigenvalue weighted by Gasteiger charge is -2.22. The van der Waals surface area contributed by atoms with E-state index < -0.39 is 0 Å². The van der Waals surface area contributed by atoms with Crippen LogP contribution in [0.25, 0.3) is 0 Å². The Morgan fingerprint density at radius 2 is 2.18 bits per heavy atom. The van der Waals surface area contributed by atoms with Crippen LogP contribution in [-0.4, -0.2) is 6.54 Å². The van der Waals surface area contributed by atoms with Gasteiger partial charge in [-0.1, -0.05) is 28.4 Å². The van der Waals surface area contributed by atoms with E-state index in [2.05, 4.69) is 46.4 Å². The standard InChI is InChI=1S/C15H20BrN/c1-10-2-5-14(8-15(10)16)17-9-13-7-11-3-4-12(13)6-11/h2,5,8,11-13,17H,3-4,6-7,9H2,1H3. The van der Waals surface area contributed by atoms with Gasteiger partial charge in [0, 0.05) is 16.7 Å². The fraction of sp³-hybridized carbons (Fsp3) is 0.600. The van der Waals surface area contributed by atoms with Crippen LogP contribution in [0.15, 0.2) is 22.7 Å². The zero-order valence-corrected chi connectivity index (χ0v) is 12.0. The van der Waals surface area contributed by atoms with E-state index in [0.29, 0.717) is 0 Å². The second kappa shape index (κ2) is 4.64. The smallest absolute Gasteiger partial charge is 0.0351 e. The van der Waals surface area contributed by atoms with E-state index in [-0.39, 0.29) is 0 Å². The summed E-state index contributed by atoms with van der Waals surface area (Å²) in [4.78, 5) is 0. The highest BCUT2D eigenvalue weighted by molar-refractivity contribution is 9.10. The Kier molecular flexibility index (Phi) is 3.16. The fourth-order valence-corrected chi connectivity index (χ4v) is 3.96. The van der Waals surface area contributed by atoms with Gasteiger partial charge in [0.2, 0.25) is 0 Å². The number of nitrogens with one attached hydrogen (secondary N) is 1. The number of hydrogen-bond donors (Lipinski definition) is 1. The summed E-state index contributed by atoms with van der Waals surface area (Å²) in [5.74, 6) is 2.99. The number of aryl methyl sites for hydroxylation is 1. The second-order valence-electron chi connectivity index (χ2n) is 5.78. The van der Waals surface area contributed by atoms with Crippen molar-refractivity contribution in [2.45, 2.75) is 32.6 Å². The van der Waals surface area contributed by atoms with Gasteiger partial charge >= 0.3 is 0 Å². The molecule has 3 atom stereocenters. The number of benzene rings is 1. The van der Waals surface area contributed by atoms with Crippen LogP contribution in [0.2, 0.25) is 0 Å². The highest BCUT2D eigenvalue weighted by atomic mass is 79.9. The van der Waals surface area contributed by atoms with Gasteiger partial charge in [-0.15, -0.1) is 0 Å². The molecule has 17 heavy (non-hydrogen) atoms. The number of fused-ring (bicyclic) bond motifs is 2. The third kappa shape index (κ3) is 2.37. The highest BCUT2D eigenvalue weighted by Gasteiger charge is 2.38. The van der Waals surface area contributed by atoms with Crippen LogP contribution in [0.5, 0.6) is 0 Å². The maximum Gasteiger partial charge on any atom is 0.0351 e. The molecule has 1 nitrogen and oxygen atoms in total. The summed E-state index contributed by atoms with van der Waals surface area (Å²) >= 11 is 3.59. The van der Waals surface area contributed by atoms with E-state index in [1.807, 2.05) is 0 Å². The summed E-state index contributed by atoms with van der Waals surface area (Å²) in [6.45, 7) is 3.29. The fourth-order valence-electron chi connectivity index (χ4n) is 3.58. The van der Waals surface area contributed by atoms with Crippen molar-refractivity contribution in [1.29, 1.82) is 0 Å². The Morgan fingerprint density at radius 3 is 2.82 bits per heavy atom. The monoisotopic (exact) mass is 293 g/mol. The predicted molar refractivity (Wildman–Crippen MR) is 76.3 cm³/mol. The van der Waals surface area contributed by atoms with Gasteiger partial charge in [-0.2, -0.15) is 0 Å². The van der Waals surface area contributed by atoms with Crippen molar-refractivity contribution in [3.8, 4) is 0 Å². The van der Waals surface area contributed by atoms with Gasteiger partial charge in [-0.3, -0.25) is 0 Å². The van der Waals surface area contributed by atoms with E-state index in [4.69, 9.17) is 0 Å². The molecule has 2 aliphatic rings. The number of anilines is 1. The largest absolute Gasteiger partial charge is 0.385 e. The van der Waals surface area contributed by atoms with E-state index in [1.165, 1.54) is 41.4 Å². The summed E-state index contributed by atoms with van der Waals surface area (Å²) in [5.41, 5.74) is 2.56. The third-order valence-electron chi connectivity index (χ3n) is 4.62. The van der Waals surface area contributed by atoms with Crippen LogP contribution in [0.1, 0.15) is 31.2 Å². The van der Waals surface area contributed by atoms with Crippen molar-refractivity contribution in [3.63, 3.8) is 0 Å². The van der Waals surface area contributed by atoms with E-state index in [9.17, 15) is 0 Å². The van der Waals surface area contributed by atoms with Crippen molar-refractivity contribution in [2.75, 3.05) is 11.9 Å². The van der Waals surface area contributed by atoms with Gasteiger partial charge in [0.1, 0.15) is 0 Å². The second-order valence-corrected chi connectivity index (χ2v) is 6.63. The van der Waals surface area contributed by atoms with Crippen molar-refractivity contribution < 1.29 is 0 Å². The third-order valence-corrected chi connectivity index (χ3v) is 5.48. The van der Waals surface area contributed by atoms with Crippen LogP contribution in [0.3, 0.4) is 0 Å². The Hall–Kier alpha value is -0.500. The Labute approximate surface area is 112 Å². The van der Waals surface area contributed by atoms with E-state index in [0.717, 1.165) is 24.3 Å². The lowest BCUT2D eigenvalue weighted by molar-refractivity contribution is 0.348. The van der Waals surface area contributed by atoms with Crippen molar-refractivity contribution in [3.05, 3.63) is 28.2 Å². The van der Waals surface area contributed by atoms with E-state index >= 15 is 0 Å². The lowest BCUT2D eigenvalue weighted by atomic mass is 9.89. The van der Waals surface area contributed by atoms with Gasteiger partial charge in [0.05, 0.1) is 0 Å². The first kappa shape index (κ1) is 11.6. The molecule has 0 spiro atoms. The topological polar surface area (TPSA) is 12.0 Å². The molecule has 0 heterocycles. The number of hydrogen-bond acceptors (Lipinski definition) is 1. The number of rotatable bonds is 3. The normalized spacial score (nSPS) is 30.8.